The molecule has 0 aliphatic heterocycles. The Balaban J connectivity index is 4.06. The highest BCUT2D eigenvalue weighted by atomic mass is 16.5. The number of allylic oxidation sites excluding steroid dienone is 1. The summed E-state index contributed by atoms with van der Waals surface area (Å²) < 4.78 is 4.33. The SMILES string of the molecule is CC=CC(C=O)C(=O)OC. The van der Waals surface area contributed by atoms with Gasteiger partial charge in [0.25, 0.3) is 0 Å². The van der Waals surface area contributed by atoms with Gasteiger partial charge in [0.2, 0.25) is 0 Å². The summed E-state index contributed by atoms with van der Waals surface area (Å²) in [7, 11) is 1.25. The third kappa shape index (κ3) is 2.44. The molecule has 0 amide bonds. The van der Waals surface area contributed by atoms with Gasteiger partial charge in [-0.1, -0.05) is 12.2 Å². The Kier molecular flexibility index (Phi) is 4.20. The van der Waals surface area contributed by atoms with Gasteiger partial charge in [0.05, 0.1) is 7.11 Å². The van der Waals surface area contributed by atoms with E-state index in [0.717, 1.165) is 0 Å². The Bertz CT molecular complexity index is 149. The fourth-order valence-electron chi connectivity index (χ4n) is 0.523. The van der Waals surface area contributed by atoms with Gasteiger partial charge in [-0.15, -0.1) is 0 Å². The molecule has 1 unspecified atom stereocenters. The second kappa shape index (κ2) is 4.73. The summed E-state index contributed by atoms with van der Waals surface area (Å²) in [6, 6.07) is 0. The minimum Gasteiger partial charge on any atom is -0.468 e. The van der Waals surface area contributed by atoms with Gasteiger partial charge in [-0.05, 0) is 6.92 Å². The quantitative estimate of drug-likeness (QED) is 0.250. The van der Waals surface area contributed by atoms with Crippen LogP contribution in [0.15, 0.2) is 12.2 Å². The summed E-state index contributed by atoms with van der Waals surface area (Å²) in [5.74, 6) is -1.26. The number of hydrogen-bond acceptors (Lipinski definition) is 3. The maximum absolute atomic E-state index is 10.6. The topological polar surface area (TPSA) is 43.4 Å². The lowest BCUT2D eigenvalue weighted by atomic mass is 10.1. The zero-order valence-electron chi connectivity index (χ0n) is 6.03. The van der Waals surface area contributed by atoms with Crippen LogP contribution in [0.1, 0.15) is 6.92 Å². The molecule has 0 saturated heterocycles. The predicted octanol–water partition coefficient (Wildman–Crippen LogP) is 0.551. The minimum atomic E-state index is -0.741. The standard InChI is InChI=1S/C7H10O3/c1-3-4-6(5-8)7(9)10-2/h3-6H,1-2H3. The van der Waals surface area contributed by atoms with Crippen molar-refractivity contribution in [2.75, 3.05) is 7.11 Å². The van der Waals surface area contributed by atoms with Gasteiger partial charge in [-0.2, -0.15) is 0 Å². The second-order valence-electron chi connectivity index (χ2n) is 1.71. The third-order valence-electron chi connectivity index (χ3n) is 1.02. The van der Waals surface area contributed by atoms with E-state index in [4.69, 9.17) is 0 Å². The molecule has 0 fully saturated rings. The molecule has 0 heterocycles. The van der Waals surface area contributed by atoms with Gasteiger partial charge in [-0.3, -0.25) is 4.79 Å². The van der Waals surface area contributed by atoms with Crippen molar-refractivity contribution in [2.24, 2.45) is 5.92 Å². The Morgan fingerprint density at radius 3 is 2.50 bits per heavy atom. The molecule has 10 heavy (non-hydrogen) atoms. The van der Waals surface area contributed by atoms with Crippen LogP contribution in [0.5, 0.6) is 0 Å². The monoisotopic (exact) mass is 142 g/mol. The van der Waals surface area contributed by atoms with Gasteiger partial charge in [0.1, 0.15) is 12.2 Å². The van der Waals surface area contributed by atoms with Crippen LogP contribution in [0, 0.1) is 5.92 Å². The lowest BCUT2D eigenvalue weighted by Crippen LogP contribution is -2.14. The van der Waals surface area contributed by atoms with E-state index >= 15 is 0 Å². The van der Waals surface area contributed by atoms with Crippen molar-refractivity contribution in [2.45, 2.75) is 6.92 Å². The fourth-order valence-corrected chi connectivity index (χ4v) is 0.523. The summed E-state index contributed by atoms with van der Waals surface area (Å²) in [5, 5.41) is 0. The Morgan fingerprint density at radius 1 is 1.60 bits per heavy atom. The Labute approximate surface area is 59.7 Å². The van der Waals surface area contributed by atoms with Crippen LogP contribution in [-0.2, 0) is 14.3 Å². The van der Waals surface area contributed by atoms with E-state index in [0.29, 0.717) is 6.29 Å². The van der Waals surface area contributed by atoms with Crippen molar-refractivity contribution in [3.05, 3.63) is 12.2 Å². The molecule has 0 N–H and O–H groups in total. The van der Waals surface area contributed by atoms with E-state index in [1.54, 1.807) is 13.0 Å². The minimum absolute atomic E-state index is 0.520. The van der Waals surface area contributed by atoms with Gasteiger partial charge in [0.15, 0.2) is 0 Å². The zero-order valence-corrected chi connectivity index (χ0v) is 6.03. The molecule has 0 spiro atoms. The van der Waals surface area contributed by atoms with Crippen molar-refractivity contribution in [3.8, 4) is 0 Å². The first-order chi connectivity index (χ1) is 4.76. The molecule has 0 rings (SSSR count). The maximum atomic E-state index is 10.6. The lowest BCUT2D eigenvalue weighted by molar-refractivity contribution is -0.145. The first-order valence-electron chi connectivity index (χ1n) is 2.92. The van der Waals surface area contributed by atoms with E-state index < -0.39 is 11.9 Å². The number of rotatable bonds is 3. The summed E-state index contributed by atoms with van der Waals surface area (Å²) in [6.45, 7) is 1.74. The maximum Gasteiger partial charge on any atom is 0.319 e. The van der Waals surface area contributed by atoms with Gasteiger partial charge < -0.3 is 9.53 Å². The highest BCUT2D eigenvalue weighted by Crippen LogP contribution is 1.96. The van der Waals surface area contributed by atoms with E-state index in [1.807, 2.05) is 0 Å². The van der Waals surface area contributed by atoms with Crippen LogP contribution >= 0.6 is 0 Å². The van der Waals surface area contributed by atoms with Crippen molar-refractivity contribution in [1.82, 2.24) is 0 Å². The van der Waals surface area contributed by atoms with E-state index in [1.165, 1.54) is 13.2 Å². The Morgan fingerprint density at radius 2 is 2.20 bits per heavy atom. The summed E-state index contributed by atoms with van der Waals surface area (Å²) >= 11 is 0. The third-order valence-corrected chi connectivity index (χ3v) is 1.02. The first kappa shape index (κ1) is 8.88. The second-order valence-corrected chi connectivity index (χ2v) is 1.71. The largest absolute Gasteiger partial charge is 0.468 e. The molecular formula is C7H10O3. The lowest BCUT2D eigenvalue weighted by Gasteiger charge is -1.99. The van der Waals surface area contributed by atoms with E-state index in [9.17, 15) is 9.59 Å². The molecule has 0 saturated carbocycles. The normalized spacial score (nSPS) is 13.0. The molecule has 0 aromatic heterocycles. The number of methoxy groups -OCH3 is 1. The summed E-state index contributed by atoms with van der Waals surface area (Å²) in [6.07, 6.45) is 3.67. The number of ether oxygens (including phenoxy) is 1. The molecule has 0 aromatic carbocycles. The van der Waals surface area contributed by atoms with E-state index in [2.05, 4.69) is 4.74 Å². The molecular weight excluding hydrogens is 132 g/mol. The van der Waals surface area contributed by atoms with Crippen LogP contribution in [0.25, 0.3) is 0 Å². The number of esters is 1. The van der Waals surface area contributed by atoms with Crippen LogP contribution in [0.4, 0.5) is 0 Å². The van der Waals surface area contributed by atoms with Crippen molar-refractivity contribution >= 4 is 12.3 Å². The molecule has 1 atom stereocenters. The number of aldehydes is 1. The molecule has 0 aromatic rings. The zero-order chi connectivity index (χ0) is 7.98. The van der Waals surface area contributed by atoms with Crippen molar-refractivity contribution in [3.63, 3.8) is 0 Å². The fraction of sp³-hybridized carbons (Fsp3) is 0.429. The number of hydrogen-bond donors (Lipinski definition) is 0. The van der Waals surface area contributed by atoms with Crippen LogP contribution in [0.3, 0.4) is 0 Å². The molecule has 3 nitrogen and oxygen atoms in total. The van der Waals surface area contributed by atoms with Gasteiger partial charge in [-0.25, -0.2) is 0 Å². The first-order valence-corrected chi connectivity index (χ1v) is 2.92. The van der Waals surface area contributed by atoms with Crippen molar-refractivity contribution < 1.29 is 14.3 Å². The van der Waals surface area contributed by atoms with Gasteiger partial charge in [0, 0.05) is 0 Å². The molecule has 0 bridgehead atoms. The smallest absolute Gasteiger partial charge is 0.319 e. The Hall–Kier alpha value is -1.12. The highest BCUT2D eigenvalue weighted by molar-refractivity contribution is 5.89. The number of carbonyl (C=O) groups excluding carboxylic acids is 2. The molecule has 56 valence electrons. The predicted molar refractivity (Wildman–Crippen MR) is 36.4 cm³/mol. The summed E-state index contributed by atoms with van der Waals surface area (Å²) in [4.78, 5) is 20.8. The number of carbonyl (C=O) groups is 2. The van der Waals surface area contributed by atoms with Crippen LogP contribution in [0.2, 0.25) is 0 Å². The van der Waals surface area contributed by atoms with Gasteiger partial charge >= 0.3 is 5.97 Å². The van der Waals surface area contributed by atoms with E-state index in [-0.39, 0.29) is 0 Å². The van der Waals surface area contributed by atoms with Crippen LogP contribution < -0.4 is 0 Å². The average molecular weight is 142 g/mol. The molecule has 3 heteroatoms. The molecule has 0 aliphatic carbocycles. The summed E-state index contributed by atoms with van der Waals surface area (Å²) in [5.41, 5.74) is 0. The van der Waals surface area contributed by atoms with Crippen molar-refractivity contribution in [1.29, 1.82) is 0 Å². The van der Waals surface area contributed by atoms with Crippen LogP contribution in [-0.4, -0.2) is 19.4 Å². The highest BCUT2D eigenvalue weighted by Gasteiger charge is 2.12. The average Bonchev–Trinajstić information content (AvgIpc) is 1.99. The molecule has 0 radical (unpaired) electrons. The molecule has 0 aliphatic rings.